The molecule has 0 radical (unpaired) electrons. The van der Waals surface area contributed by atoms with E-state index in [1.54, 1.807) is 25.4 Å². The third-order valence-electron chi connectivity index (χ3n) is 6.84. The molecule has 0 bridgehead atoms. The minimum absolute atomic E-state index is 0.0559. The number of carbonyl (C=O) groups is 3. The minimum atomic E-state index is -0.675. The molecule has 1 N–H and O–H groups in total. The Bertz CT molecular complexity index is 1080. The summed E-state index contributed by atoms with van der Waals surface area (Å²) in [4.78, 5) is 47.9. The lowest BCUT2D eigenvalue weighted by Crippen LogP contribution is -2.55. The van der Waals surface area contributed by atoms with Crippen LogP contribution in [0.5, 0.6) is 0 Å². The quantitative estimate of drug-likeness (QED) is 0.534. The number of piperidine rings is 1. The fourth-order valence-electron chi connectivity index (χ4n) is 5.10. The van der Waals surface area contributed by atoms with Crippen LogP contribution in [-0.2, 0) is 32.0 Å². The Morgan fingerprint density at radius 1 is 1.28 bits per heavy atom. The van der Waals surface area contributed by atoms with E-state index in [1.807, 2.05) is 6.07 Å². The molecule has 2 aliphatic heterocycles. The van der Waals surface area contributed by atoms with Crippen LogP contribution in [0.4, 0.5) is 5.82 Å². The third kappa shape index (κ3) is 6.01. The van der Waals surface area contributed by atoms with Gasteiger partial charge < -0.3 is 10.1 Å². The van der Waals surface area contributed by atoms with Gasteiger partial charge in [-0.25, -0.2) is 9.99 Å². The summed E-state index contributed by atoms with van der Waals surface area (Å²) in [6.45, 7) is 4.77. The van der Waals surface area contributed by atoms with Crippen LogP contribution in [0.25, 0.3) is 0 Å². The van der Waals surface area contributed by atoms with Gasteiger partial charge in [0.2, 0.25) is 11.8 Å². The van der Waals surface area contributed by atoms with Crippen LogP contribution >= 0.6 is 0 Å². The topological polar surface area (TPSA) is 105 Å². The van der Waals surface area contributed by atoms with E-state index < -0.39 is 12.0 Å². The number of aryl methyl sites for hydroxylation is 2. The standard InChI is InChI=1S/C27H35N5O4/c1-3-36-25(34)17-24(22-8-4-14-28-18-22)32(19(2)33)31-16-6-9-21(27(31)35)11-13-23-12-10-20-7-5-15-29-26(20)30-23/h4,8,10,12,14,18,21,24H,3,5-7,9,11,13,15-17H2,1-2H3,(H,29,30)/t21?,24-/m0/s1. The van der Waals surface area contributed by atoms with Crippen molar-refractivity contribution in [2.45, 2.75) is 64.8 Å². The number of rotatable bonds is 9. The van der Waals surface area contributed by atoms with Crippen molar-refractivity contribution in [3.8, 4) is 0 Å². The molecule has 9 heteroatoms. The molecule has 0 aliphatic carbocycles. The van der Waals surface area contributed by atoms with Crippen LogP contribution in [0.2, 0.25) is 0 Å². The van der Waals surface area contributed by atoms with E-state index in [1.165, 1.54) is 22.5 Å². The van der Waals surface area contributed by atoms with Crippen molar-refractivity contribution in [2.24, 2.45) is 5.92 Å². The number of pyridine rings is 2. The first-order valence-corrected chi connectivity index (χ1v) is 12.9. The van der Waals surface area contributed by atoms with Gasteiger partial charge in [-0.2, -0.15) is 0 Å². The highest BCUT2D eigenvalue weighted by atomic mass is 16.5. The first-order valence-electron chi connectivity index (χ1n) is 12.9. The largest absolute Gasteiger partial charge is 0.466 e. The van der Waals surface area contributed by atoms with E-state index in [9.17, 15) is 14.4 Å². The fraction of sp³-hybridized carbons (Fsp3) is 0.519. The van der Waals surface area contributed by atoms with Crippen LogP contribution < -0.4 is 5.32 Å². The van der Waals surface area contributed by atoms with Gasteiger partial charge in [-0.1, -0.05) is 12.1 Å². The summed E-state index contributed by atoms with van der Waals surface area (Å²) in [6.07, 6.45) is 8.24. The van der Waals surface area contributed by atoms with Gasteiger partial charge >= 0.3 is 5.97 Å². The summed E-state index contributed by atoms with van der Waals surface area (Å²) in [5.74, 6) is -0.0829. The van der Waals surface area contributed by atoms with E-state index in [2.05, 4.69) is 22.4 Å². The first kappa shape index (κ1) is 25.6. The lowest BCUT2D eigenvalue weighted by Gasteiger charge is -2.43. The summed E-state index contributed by atoms with van der Waals surface area (Å²) in [6, 6.07) is 7.08. The van der Waals surface area contributed by atoms with Gasteiger partial charge in [0.25, 0.3) is 0 Å². The fourth-order valence-corrected chi connectivity index (χ4v) is 5.10. The number of nitrogens with zero attached hydrogens (tertiary/aromatic N) is 4. The molecule has 4 heterocycles. The Hall–Kier alpha value is -3.49. The highest BCUT2D eigenvalue weighted by Gasteiger charge is 2.38. The molecule has 2 aromatic heterocycles. The zero-order chi connectivity index (χ0) is 25.5. The monoisotopic (exact) mass is 493 g/mol. The number of nitrogens with one attached hydrogen (secondary N) is 1. The average molecular weight is 494 g/mol. The second kappa shape index (κ2) is 12.0. The van der Waals surface area contributed by atoms with Crippen molar-refractivity contribution in [1.29, 1.82) is 0 Å². The zero-order valence-corrected chi connectivity index (χ0v) is 21.1. The molecule has 2 aromatic rings. The molecule has 9 nitrogen and oxygen atoms in total. The molecule has 2 aliphatic rings. The molecule has 1 unspecified atom stereocenters. The summed E-state index contributed by atoms with van der Waals surface area (Å²) in [5.41, 5.74) is 2.89. The number of hydrogen-bond acceptors (Lipinski definition) is 7. The molecular weight excluding hydrogens is 458 g/mol. The lowest BCUT2D eigenvalue weighted by molar-refractivity contribution is -0.177. The average Bonchev–Trinajstić information content (AvgIpc) is 2.89. The normalized spacial score (nSPS) is 18.1. The number of amides is 2. The second-order valence-electron chi connectivity index (χ2n) is 9.35. The maximum atomic E-state index is 13.6. The first-order chi connectivity index (χ1) is 17.5. The number of hydrazine groups is 1. The molecule has 0 saturated carbocycles. The van der Waals surface area contributed by atoms with E-state index >= 15 is 0 Å². The van der Waals surface area contributed by atoms with E-state index in [0.29, 0.717) is 24.9 Å². The van der Waals surface area contributed by atoms with Crippen LogP contribution in [0.3, 0.4) is 0 Å². The Morgan fingerprint density at radius 2 is 2.14 bits per heavy atom. The van der Waals surface area contributed by atoms with E-state index in [-0.39, 0.29) is 30.8 Å². The van der Waals surface area contributed by atoms with Crippen molar-refractivity contribution < 1.29 is 19.1 Å². The van der Waals surface area contributed by atoms with Crippen molar-refractivity contribution in [2.75, 3.05) is 25.0 Å². The highest BCUT2D eigenvalue weighted by molar-refractivity contribution is 5.84. The Balaban J connectivity index is 1.51. The lowest BCUT2D eigenvalue weighted by atomic mass is 9.92. The number of ether oxygens (including phenoxy) is 1. The molecule has 36 heavy (non-hydrogen) atoms. The molecular formula is C27H35N5O4. The van der Waals surface area contributed by atoms with Crippen LogP contribution in [0, 0.1) is 5.92 Å². The third-order valence-corrected chi connectivity index (χ3v) is 6.84. The summed E-state index contributed by atoms with van der Waals surface area (Å²) >= 11 is 0. The molecule has 4 rings (SSSR count). The predicted octanol–water partition coefficient (Wildman–Crippen LogP) is 3.46. The van der Waals surface area contributed by atoms with Gasteiger partial charge in [-0.05, 0) is 68.7 Å². The van der Waals surface area contributed by atoms with Crippen LogP contribution in [0.1, 0.15) is 68.8 Å². The number of carbonyl (C=O) groups excluding carboxylic acids is 3. The maximum absolute atomic E-state index is 13.6. The van der Waals surface area contributed by atoms with E-state index in [4.69, 9.17) is 9.72 Å². The van der Waals surface area contributed by atoms with Crippen molar-refractivity contribution in [1.82, 2.24) is 20.0 Å². The summed E-state index contributed by atoms with van der Waals surface area (Å²) in [7, 11) is 0. The summed E-state index contributed by atoms with van der Waals surface area (Å²) in [5, 5.41) is 6.33. The van der Waals surface area contributed by atoms with Gasteiger partial charge in [0, 0.05) is 44.0 Å². The molecule has 192 valence electrons. The zero-order valence-electron chi connectivity index (χ0n) is 21.1. The van der Waals surface area contributed by atoms with Gasteiger partial charge in [0.1, 0.15) is 5.82 Å². The molecule has 2 amide bonds. The molecule has 1 fully saturated rings. The van der Waals surface area contributed by atoms with Gasteiger partial charge in [0.05, 0.1) is 19.1 Å². The second-order valence-corrected chi connectivity index (χ2v) is 9.35. The van der Waals surface area contributed by atoms with Gasteiger partial charge in [-0.3, -0.25) is 24.4 Å². The number of aromatic nitrogens is 2. The van der Waals surface area contributed by atoms with Crippen molar-refractivity contribution in [3.63, 3.8) is 0 Å². The minimum Gasteiger partial charge on any atom is -0.466 e. The number of fused-ring (bicyclic) bond motifs is 1. The van der Waals surface area contributed by atoms with Gasteiger partial charge in [-0.15, -0.1) is 0 Å². The smallest absolute Gasteiger partial charge is 0.308 e. The van der Waals surface area contributed by atoms with E-state index in [0.717, 1.165) is 43.7 Å². The van der Waals surface area contributed by atoms with Gasteiger partial charge in [0.15, 0.2) is 0 Å². The number of hydrogen-bond donors (Lipinski definition) is 1. The number of anilines is 1. The van der Waals surface area contributed by atoms with Crippen LogP contribution in [0.15, 0.2) is 36.7 Å². The van der Waals surface area contributed by atoms with Crippen molar-refractivity contribution in [3.05, 3.63) is 53.5 Å². The van der Waals surface area contributed by atoms with Crippen LogP contribution in [-0.4, -0.2) is 57.5 Å². The molecule has 0 spiro atoms. The molecule has 0 aromatic carbocycles. The number of esters is 1. The Kier molecular flexibility index (Phi) is 8.51. The predicted molar refractivity (Wildman–Crippen MR) is 135 cm³/mol. The SMILES string of the molecule is CCOC(=O)C[C@@H](c1cccnc1)N(C(C)=O)N1CCCC(CCc2ccc3c(n2)NCCC3)C1=O. The Labute approximate surface area is 212 Å². The van der Waals surface area contributed by atoms with Crippen molar-refractivity contribution >= 4 is 23.6 Å². The highest BCUT2D eigenvalue weighted by Crippen LogP contribution is 2.32. The molecule has 2 atom stereocenters. The summed E-state index contributed by atoms with van der Waals surface area (Å²) < 4.78 is 5.17. The maximum Gasteiger partial charge on any atom is 0.308 e. The molecule has 1 saturated heterocycles. The Morgan fingerprint density at radius 3 is 2.89 bits per heavy atom.